The van der Waals surface area contributed by atoms with Gasteiger partial charge >= 0.3 is 0 Å². The Bertz CT molecular complexity index is 20.7. The molecule has 40 valence electrons. The topological polar surface area (TPSA) is 0 Å². The van der Waals surface area contributed by atoms with Crippen molar-refractivity contribution in [2.24, 2.45) is 0 Å². The van der Waals surface area contributed by atoms with Crippen LogP contribution in [0.3, 0.4) is 0 Å². The van der Waals surface area contributed by atoms with Gasteiger partial charge in [-0.1, -0.05) is 23.2 Å². The second-order valence-corrected chi connectivity index (χ2v) is 0.756. The van der Waals surface area contributed by atoms with Crippen molar-refractivity contribution >= 4 is 48.0 Å². The standard InChI is InChI=1S/C2H2Cl2.2ClH/c3-1-2-4;;/h1-2H;2*1H. The number of halogens is 4. The van der Waals surface area contributed by atoms with Gasteiger partial charge in [0.15, 0.2) is 0 Å². The monoisotopic (exact) mass is 168 g/mol. The van der Waals surface area contributed by atoms with Crippen LogP contribution >= 0.6 is 48.0 Å². The Balaban J connectivity index is -0.0000000450. The molecule has 0 aliphatic rings. The molecule has 0 aromatic heterocycles. The van der Waals surface area contributed by atoms with E-state index < -0.39 is 0 Å². The predicted molar refractivity (Wildman–Crippen MR) is 35.3 cm³/mol. The molecule has 0 fully saturated rings. The first kappa shape index (κ1) is 15.8. The third-order valence-corrected chi connectivity index (χ3v) is 0.429. The van der Waals surface area contributed by atoms with Gasteiger partial charge in [0.2, 0.25) is 0 Å². The van der Waals surface area contributed by atoms with E-state index in [9.17, 15) is 0 Å². The van der Waals surface area contributed by atoms with Crippen LogP contribution in [-0.2, 0) is 0 Å². The third kappa shape index (κ3) is 20.6. The minimum atomic E-state index is 0. The van der Waals surface area contributed by atoms with Gasteiger partial charge < -0.3 is 0 Å². The van der Waals surface area contributed by atoms with Crippen LogP contribution < -0.4 is 0 Å². The summed E-state index contributed by atoms with van der Waals surface area (Å²) < 4.78 is 0. The molecule has 0 unspecified atom stereocenters. The Morgan fingerprint density at radius 3 is 1.00 bits per heavy atom. The fraction of sp³-hybridized carbons (Fsp3) is 0. The fourth-order valence-electron chi connectivity index (χ4n) is 0. The summed E-state index contributed by atoms with van der Waals surface area (Å²) in [5, 5.41) is 0. The van der Waals surface area contributed by atoms with Crippen LogP contribution in [0.4, 0.5) is 0 Å². The molecule has 0 aromatic carbocycles. The molecule has 0 N–H and O–H groups in total. The van der Waals surface area contributed by atoms with Crippen LogP contribution in [0.2, 0.25) is 0 Å². The largest absolute Gasteiger partial charge is 0.147 e. The van der Waals surface area contributed by atoms with Crippen LogP contribution in [0, 0.1) is 0 Å². The Kier molecular flexibility index (Phi) is 44.3. The van der Waals surface area contributed by atoms with Crippen LogP contribution in [-0.4, -0.2) is 0 Å². The highest BCUT2D eigenvalue weighted by atomic mass is 35.5. The first-order valence-corrected chi connectivity index (χ1v) is 1.64. The molecule has 0 aliphatic carbocycles. The van der Waals surface area contributed by atoms with Gasteiger partial charge in [0, 0.05) is 11.1 Å². The normalized spacial score (nSPS) is 6.33. The zero-order valence-corrected chi connectivity index (χ0v) is 5.87. The molecule has 0 heterocycles. The molecule has 0 atom stereocenters. The van der Waals surface area contributed by atoms with Gasteiger partial charge in [-0.3, -0.25) is 0 Å². The van der Waals surface area contributed by atoms with Crippen LogP contribution in [0.25, 0.3) is 0 Å². The fourth-order valence-corrected chi connectivity index (χ4v) is 0. The summed E-state index contributed by atoms with van der Waals surface area (Å²) in [7, 11) is 0. The maximum absolute atomic E-state index is 4.87. The molecule has 4 heteroatoms. The summed E-state index contributed by atoms with van der Waals surface area (Å²) in [6.07, 6.45) is 0. The van der Waals surface area contributed by atoms with Crippen molar-refractivity contribution in [3.63, 3.8) is 0 Å². The molecule has 0 rings (SSSR count). The van der Waals surface area contributed by atoms with E-state index in [1.807, 2.05) is 0 Å². The molecule has 0 bridgehead atoms. The Morgan fingerprint density at radius 1 is 0.833 bits per heavy atom. The quantitative estimate of drug-likeness (QED) is 0.524. The lowest BCUT2D eigenvalue weighted by Crippen LogP contribution is -1.11. The SMILES string of the molecule is Cl.Cl.ClC=CCl. The van der Waals surface area contributed by atoms with Crippen molar-refractivity contribution < 1.29 is 0 Å². The summed E-state index contributed by atoms with van der Waals surface area (Å²) >= 11 is 9.75. The van der Waals surface area contributed by atoms with E-state index in [4.69, 9.17) is 23.2 Å². The highest BCUT2D eigenvalue weighted by molar-refractivity contribution is 6.33. The maximum atomic E-state index is 4.87. The predicted octanol–water partition coefficient (Wildman–Crippen LogP) is 2.78. The van der Waals surface area contributed by atoms with Gasteiger partial charge in [-0.25, -0.2) is 0 Å². The van der Waals surface area contributed by atoms with E-state index >= 15 is 0 Å². The Labute approximate surface area is 59.3 Å². The summed E-state index contributed by atoms with van der Waals surface area (Å²) in [6, 6.07) is 0. The van der Waals surface area contributed by atoms with E-state index in [1.165, 1.54) is 11.1 Å². The average Bonchev–Trinajstić information content (AvgIpc) is 1.37. The third-order valence-electron chi connectivity index (χ3n) is 0.0476. The maximum Gasteiger partial charge on any atom is 0.0156 e. The van der Waals surface area contributed by atoms with Crippen LogP contribution in [0.5, 0.6) is 0 Å². The molecule has 0 nitrogen and oxygen atoms in total. The summed E-state index contributed by atoms with van der Waals surface area (Å²) in [6.45, 7) is 0. The minimum absolute atomic E-state index is 0. The Hall–Kier alpha value is 0.900. The lowest BCUT2D eigenvalue weighted by Gasteiger charge is -1.44. The average molecular weight is 170 g/mol. The van der Waals surface area contributed by atoms with E-state index in [0.29, 0.717) is 0 Å². The first-order chi connectivity index (χ1) is 1.91. The number of hydrogen-bond donors (Lipinski definition) is 0. The molecular weight excluding hydrogens is 166 g/mol. The molecule has 0 saturated carbocycles. The molecule has 0 aliphatic heterocycles. The van der Waals surface area contributed by atoms with Crippen molar-refractivity contribution in [1.82, 2.24) is 0 Å². The summed E-state index contributed by atoms with van der Waals surface area (Å²) in [4.78, 5) is 0. The van der Waals surface area contributed by atoms with Crippen molar-refractivity contribution in [2.75, 3.05) is 0 Å². The smallest absolute Gasteiger partial charge is 0.0156 e. The molecule has 0 aromatic rings. The first-order valence-electron chi connectivity index (χ1n) is 0.770. The Morgan fingerprint density at radius 2 is 1.00 bits per heavy atom. The zero-order valence-electron chi connectivity index (χ0n) is 2.73. The van der Waals surface area contributed by atoms with Crippen LogP contribution in [0.1, 0.15) is 0 Å². The van der Waals surface area contributed by atoms with Gasteiger partial charge in [-0.05, 0) is 0 Å². The summed E-state index contributed by atoms with van der Waals surface area (Å²) in [5.41, 5.74) is 2.48. The second-order valence-electron chi connectivity index (χ2n) is 0.252. The van der Waals surface area contributed by atoms with Crippen molar-refractivity contribution in [3.05, 3.63) is 11.1 Å². The molecular formula is C2H4Cl4. The lowest BCUT2D eigenvalue weighted by atomic mass is 11.3. The van der Waals surface area contributed by atoms with E-state index in [2.05, 4.69) is 0 Å². The number of rotatable bonds is 0. The number of hydrogen-bond acceptors (Lipinski definition) is 0. The van der Waals surface area contributed by atoms with E-state index in [0.717, 1.165) is 0 Å². The van der Waals surface area contributed by atoms with Crippen LogP contribution in [0.15, 0.2) is 11.1 Å². The highest BCUT2D eigenvalue weighted by Crippen LogP contribution is 1.78. The molecule has 0 spiro atoms. The molecule has 0 amide bonds. The van der Waals surface area contributed by atoms with Gasteiger partial charge in [0.25, 0.3) is 0 Å². The molecule has 0 radical (unpaired) electrons. The molecule has 6 heavy (non-hydrogen) atoms. The summed E-state index contributed by atoms with van der Waals surface area (Å²) in [5.74, 6) is 0. The van der Waals surface area contributed by atoms with E-state index in [-0.39, 0.29) is 24.8 Å². The zero-order chi connectivity index (χ0) is 3.41. The van der Waals surface area contributed by atoms with Crippen molar-refractivity contribution in [1.29, 1.82) is 0 Å². The lowest BCUT2D eigenvalue weighted by molar-refractivity contribution is 2.51. The molecule has 0 saturated heterocycles. The van der Waals surface area contributed by atoms with Gasteiger partial charge in [-0.2, -0.15) is 0 Å². The highest BCUT2D eigenvalue weighted by Gasteiger charge is 1.40. The second kappa shape index (κ2) is 16.8. The minimum Gasteiger partial charge on any atom is -0.147 e. The van der Waals surface area contributed by atoms with Gasteiger partial charge in [0.1, 0.15) is 0 Å². The van der Waals surface area contributed by atoms with E-state index in [1.54, 1.807) is 0 Å². The van der Waals surface area contributed by atoms with Gasteiger partial charge in [-0.15, -0.1) is 24.8 Å². The van der Waals surface area contributed by atoms with Crippen molar-refractivity contribution in [3.8, 4) is 0 Å². The van der Waals surface area contributed by atoms with Gasteiger partial charge in [0.05, 0.1) is 0 Å². The van der Waals surface area contributed by atoms with Crippen molar-refractivity contribution in [2.45, 2.75) is 0 Å².